The maximum absolute atomic E-state index is 3.99. The second-order valence-corrected chi connectivity index (χ2v) is 5.37. The predicted molar refractivity (Wildman–Crippen MR) is 75.1 cm³/mol. The van der Waals surface area contributed by atoms with Crippen LogP contribution in [0.2, 0.25) is 0 Å². The molecule has 4 nitrogen and oxygen atoms in total. The van der Waals surface area contributed by atoms with Gasteiger partial charge in [-0.2, -0.15) is 0 Å². The number of nitrogens with zero attached hydrogens (tertiary/aromatic N) is 3. The molecule has 0 bridgehead atoms. The monoisotopic (exact) mass is 256 g/mol. The first-order valence-electron chi connectivity index (χ1n) is 7.03. The first kappa shape index (κ1) is 12.4. The van der Waals surface area contributed by atoms with E-state index < -0.39 is 0 Å². The van der Waals surface area contributed by atoms with Gasteiger partial charge >= 0.3 is 0 Å². The molecule has 1 N–H and O–H groups in total. The second-order valence-electron chi connectivity index (χ2n) is 5.37. The zero-order valence-electron chi connectivity index (χ0n) is 11.3. The van der Waals surface area contributed by atoms with Gasteiger partial charge in [-0.05, 0) is 49.9 Å². The molecule has 1 aliphatic carbocycles. The average molecular weight is 256 g/mol. The van der Waals surface area contributed by atoms with Gasteiger partial charge in [0.25, 0.3) is 0 Å². The summed E-state index contributed by atoms with van der Waals surface area (Å²) in [5.41, 5.74) is 2.37. The van der Waals surface area contributed by atoms with Crippen molar-refractivity contribution < 1.29 is 0 Å². The van der Waals surface area contributed by atoms with Crippen LogP contribution in [-0.4, -0.2) is 21.5 Å². The Hall–Kier alpha value is -1.68. The highest BCUT2D eigenvalue weighted by atomic mass is 15.4. The van der Waals surface area contributed by atoms with E-state index in [1.807, 2.05) is 6.20 Å². The summed E-state index contributed by atoms with van der Waals surface area (Å²) < 4.78 is 1.77. The van der Waals surface area contributed by atoms with Crippen LogP contribution < -0.4 is 5.32 Å². The zero-order chi connectivity index (χ0) is 13.1. The van der Waals surface area contributed by atoms with Crippen molar-refractivity contribution in [3.8, 4) is 5.69 Å². The van der Waals surface area contributed by atoms with Gasteiger partial charge in [-0.25, -0.2) is 4.68 Å². The van der Waals surface area contributed by atoms with Crippen LogP contribution in [-0.2, 0) is 0 Å². The van der Waals surface area contributed by atoms with Gasteiger partial charge in [0.2, 0.25) is 0 Å². The Bertz CT molecular complexity index is 499. The van der Waals surface area contributed by atoms with Gasteiger partial charge in [0.15, 0.2) is 0 Å². The number of hydrogen-bond acceptors (Lipinski definition) is 3. The minimum atomic E-state index is 0.408. The molecular weight excluding hydrogens is 236 g/mol. The molecule has 1 fully saturated rings. The molecule has 100 valence electrons. The van der Waals surface area contributed by atoms with Crippen LogP contribution >= 0.6 is 0 Å². The molecule has 1 atom stereocenters. The fourth-order valence-corrected chi connectivity index (χ4v) is 2.42. The van der Waals surface area contributed by atoms with Gasteiger partial charge in [-0.1, -0.05) is 23.8 Å². The highest BCUT2D eigenvalue weighted by Gasteiger charge is 2.17. The molecule has 3 rings (SSSR count). The SMILES string of the molecule is C[C@H](NCC1CCC1)c1ccc(-n2ccnn2)cc1. The lowest BCUT2D eigenvalue weighted by atomic mass is 9.85. The molecule has 1 aliphatic rings. The summed E-state index contributed by atoms with van der Waals surface area (Å²) in [5.74, 6) is 0.900. The quantitative estimate of drug-likeness (QED) is 0.894. The van der Waals surface area contributed by atoms with Crippen LogP contribution in [0.4, 0.5) is 0 Å². The minimum absolute atomic E-state index is 0.408. The van der Waals surface area contributed by atoms with Crippen LogP contribution in [0, 0.1) is 5.92 Å². The minimum Gasteiger partial charge on any atom is -0.310 e. The smallest absolute Gasteiger partial charge is 0.0697 e. The molecule has 0 aliphatic heterocycles. The lowest BCUT2D eigenvalue weighted by molar-refractivity contribution is 0.292. The lowest BCUT2D eigenvalue weighted by Crippen LogP contribution is -2.29. The van der Waals surface area contributed by atoms with Crippen molar-refractivity contribution in [3.05, 3.63) is 42.2 Å². The van der Waals surface area contributed by atoms with Crippen LogP contribution in [0.1, 0.15) is 37.8 Å². The summed E-state index contributed by atoms with van der Waals surface area (Å²) in [5, 5.41) is 11.4. The van der Waals surface area contributed by atoms with Crippen molar-refractivity contribution in [3.63, 3.8) is 0 Å². The molecule has 1 aromatic heterocycles. The van der Waals surface area contributed by atoms with E-state index in [2.05, 4.69) is 46.8 Å². The molecule has 1 heterocycles. The fraction of sp³-hybridized carbons (Fsp3) is 0.467. The fourth-order valence-electron chi connectivity index (χ4n) is 2.42. The molecule has 4 heteroatoms. The summed E-state index contributed by atoms with van der Waals surface area (Å²) in [4.78, 5) is 0. The second kappa shape index (κ2) is 5.53. The maximum Gasteiger partial charge on any atom is 0.0697 e. The van der Waals surface area contributed by atoms with Gasteiger partial charge in [0.1, 0.15) is 0 Å². The largest absolute Gasteiger partial charge is 0.310 e. The molecule has 19 heavy (non-hydrogen) atoms. The van der Waals surface area contributed by atoms with E-state index in [0.717, 1.165) is 18.2 Å². The van der Waals surface area contributed by atoms with Crippen LogP contribution in [0.25, 0.3) is 5.69 Å². The maximum atomic E-state index is 3.99. The molecule has 2 aromatic rings. The van der Waals surface area contributed by atoms with Crippen molar-refractivity contribution in [1.29, 1.82) is 0 Å². The Kier molecular flexibility index (Phi) is 3.60. The van der Waals surface area contributed by atoms with Gasteiger partial charge < -0.3 is 5.32 Å². The molecule has 0 amide bonds. The van der Waals surface area contributed by atoms with Crippen LogP contribution in [0.15, 0.2) is 36.7 Å². The first-order valence-corrected chi connectivity index (χ1v) is 7.03. The molecule has 0 unspecified atom stereocenters. The van der Waals surface area contributed by atoms with Crippen molar-refractivity contribution >= 4 is 0 Å². The molecule has 0 radical (unpaired) electrons. The van der Waals surface area contributed by atoms with Crippen LogP contribution in [0.3, 0.4) is 0 Å². The number of nitrogens with one attached hydrogen (secondary N) is 1. The van der Waals surface area contributed by atoms with E-state index in [-0.39, 0.29) is 0 Å². The molecule has 1 aromatic carbocycles. The van der Waals surface area contributed by atoms with Gasteiger partial charge in [-0.3, -0.25) is 0 Å². The number of rotatable bonds is 5. The van der Waals surface area contributed by atoms with Crippen molar-refractivity contribution in [2.45, 2.75) is 32.2 Å². The topological polar surface area (TPSA) is 42.7 Å². The lowest BCUT2D eigenvalue weighted by Gasteiger charge is -2.27. The van der Waals surface area contributed by atoms with Gasteiger partial charge in [0.05, 0.1) is 18.1 Å². The summed E-state index contributed by atoms with van der Waals surface area (Å²) in [6, 6.07) is 8.91. The van der Waals surface area contributed by atoms with E-state index >= 15 is 0 Å². The first-order chi connectivity index (χ1) is 9.33. The Morgan fingerprint density at radius 3 is 2.68 bits per heavy atom. The number of aromatic nitrogens is 3. The Morgan fingerprint density at radius 2 is 2.11 bits per heavy atom. The van der Waals surface area contributed by atoms with E-state index in [0.29, 0.717) is 6.04 Å². The van der Waals surface area contributed by atoms with E-state index in [4.69, 9.17) is 0 Å². The third-order valence-electron chi connectivity index (χ3n) is 4.02. The van der Waals surface area contributed by atoms with E-state index in [9.17, 15) is 0 Å². The van der Waals surface area contributed by atoms with Gasteiger partial charge in [-0.15, -0.1) is 5.10 Å². The van der Waals surface area contributed by atoms with Crippen LogP contribution in [0.5, 0.6) is 0 Å². The average Bonchev–Trinajstić information content (AvgIpc) is 2.91. The third-order valence-corrected chi connectivity index (χ3v) is 4.02. The summed E-state index contributed by atoms with van der Waals surface area (Å²) in [6.07, 6.45) is 7.74. The standard InChI is InChI=1S/C15H20N4/c1-12(16-11-13-3-2-4-13)14-5-7-15(8-6-14)19-10-9-17-18-19/h5-10,12-13,16H,2-4,11H2,1H3/t12-/m0/s1. The number of benzene rings is 1. The molecule has 0 spiro atoms. The highest BCUT2D eigenvalue weighted by molar-refractivity contribution is 5.34. The summed E-state index contributed by atoms with van der Waals surface area (Å²) in [6.45, 7) is 3.37. The summed E-state index contributed by atoms with van der Waals surface area (Å²) >= 11 is 0. The Labute approximate surface area is 113 Å². The highest BCUT2D eigenvalue weighted by Crippen LogP contribution is 2.26. The molecule has 0 saturated heterocycles. The Balaban J connectivity index is 1.61. The zero-order valence-corrected chi connectivity index (χ0v) is 11.3. The van der Waals surface area contributed by atoms with Crippen molar-refractivity contribution in [2.24, 2.45) is 5.92 Å². The number of hydrogen-bond donors (Lipinski definition) is 1. The van der Waals surface area contributed by atoms with E-state index in [1.54, 1.807) is 10.9 Å². The van der Waals surface area contributed by atoms with Gasteiger partial charge in [0, 0.05) is 6.04 Å². The predicted octanol–water partition coefficient (Wildman–Crippen LogP) is 2.72. The van der Waals surface area contributed by atoms with Crippen molar-refractivity contribution in [1.82, 2.24) is 20.3 Å². The van der Waals surface area contributed by atoms with E-state index in [1.165, 1.54) is 24.8 Å². The molecular formula is C15H20N4. The molecule has 1 saturated carbocycles. The summed E-state index contributed by atoms with van der Waals surface area (Å²) in [7, 11) is 0. The third kappa shape index (κ3) is 2.84. The van der Waals surface area contributed by atoms with Crippen molar-refractivity contribution in [2.75, 3.05) is 6.54 Å². The Morgan fingerprint density at radius 1 is 1.32 bits per heavy atom. The normalized spacial score (nSPS) is 17.1.